The molecule has 1 aromatic heterocycles. The topological polar surface area (TPSA) is 54.1 Å². The number of carbonyl (C=O) groups is 1. The summed E-state index contributed by atoms with van der Waals surface area (Å²) in [7, 11) is 0. The standard InChI is InChI=1S/C25H27F3N2O2/c1-3-17-6-5-7-19-20-12-13-32-24(4-2,23(20)30-22(17)19)14-21(31)29-15-16-8-10-18(11-9-16)25(26,27)28/h5-11,30H,3-4,12-15H2,1-2H3,(H,29,31). The molecule has 1 unspecified atom stereocenters. The van der Waals surface area contributed by atoms with Crippen molar-refractivity contribution in [3.63, 3.8) is 0 Å². The Hall–Kier alpha value is -2.80. The molecule has 0 saturated carbocycles. The summed E-state index contributed by atoms with van der Waals surface area (Å²) in [4.78, 5) is 16.4. The zero-order chi connectivity index (χ0) is 22.9. The molecule has 0 aliphatic carbocycles. The second kappa shape index (κ2) is 8.62. The van der Waals surface area contributed by atoms with Gasteiger partial charge in [0.25, 0.3) is 0 Å². The summed E-state index contributed by atoms with van der Waals surface area (Å²) in [6.45, 7) is 4.82. The monoisotopic (exact) mass is 444 g/mol. The third-order valence-electron chi connectivity index (χ3n) is 6.38. The molecular weight excluding hydrogens is 417 g/mol. The van der Waals surface area contributed by atoms with Gasteiger partial charge >= 0.3 is 6.18 Å². The lowest BCUT2D eigenvalue weighted by molar-refractivity contribution is -0.137. The number of para-hydroxylation sites is 1. The van der Waals surface area contributed by atoms with Crippen LogP contribution in [0.25, 0.3) is 10.9 Å². The lowest BCUT2D eigenvalue weighted by atomic mass is 9.86. The number of hydrogen-bond acceptors (Lipinski definition) is 2. The number of hydrogen-bond donors (Lipinski definition) is 2. The molecule has 0 spiro atoms. The van der Waals surface area contributed by atoms with Crippen LogP contribution < -0.4 is 5.32 Å². The van der Waals surface area contributed by atoms with Crippen LogP contribution in [0, 0.1) is 0 Å². The minimum absolute atomic E-state index is 0.144. The van der Waals surface area contributed by atoms with Crippen LogP contribution in [0.5, 0.6) is 0 Å². The summed E-state index contributed by atoms with van der Waals surface area (Å²) < 4.78 is 44.4. The largest absolute Gasteiger partial charge is 0.416 e. The second-order valence-corrected chi connectivity index (χ2v) is 8.27. The van der Waals surface area contributed by atoms with E-state index >= 15 is 0 Å². The molecule has 0 saturated heterocycles. The van der Waals surface area contributed by atoms with Crippen LogP contribution in [-0.2, 0) is 40.7 Å². The number of H-pyrrole nitrogens is 1. The van der Waals surface area contributed by atoms with Gasteiger partial charge in [0.2, 0.25) is 5.91 Å². The quantitative estimate of drug-likeness (QED) is 0.518. The summed E-state index contributed by atoms with van der Waals surface area (Å²) in [6, 6.07) is 11.1. The molecule has 0 radical (unpaired) electrons. The fourth-order valence-corrected chi connectivity index (χ4v) is 4.58. The van der Waals surface area contributed by atoms with Crippen LogP contribution in [0.1, 0.15) is 54.6 Å². The van der Waals surface area contributed by atoms with Gasteiger partial charge in [0.05, 0.1) is 24.3 Å². The van der Waals surface area contributed by atoms with Crippen molar-refractivity contribution in [2.24, 2.45) is 0 Å². The van der Waals surface area contributed by atoms with Gasteiger partial charge < -0.3 is 15.0 Å². The van der Waals surface area contributed by atoms with E-state index in [9.17, 15) is 18.0 Å². The van der Waals surface area contributed by atoms with Gasteiger partial charge in [-0.1, -0.05) is 44.2 Å². The number of amides is 1. The Bertz CT molecular complexity index is 1120. The number of alkyl halides is 3. The fraction of sp³-hybridized carbons (Fsp3) is 0.400. The van der Waals surface area contributed by atoms with Crippen molar-refractivity contribution in [2.75, 3.05) is 6.61 Å². The van der Waals surface area contributed by atoms with E-state index in [4.69, 9.17) is 4.74 Å². The first kappa shape index (κ1) is 22.4. The van der Waals surface area contributed by atoms with Crippen LogP contribution in [0.15, 0.2) is 42.5 Å². The summed E-state index contributed by atoms with van der Waals surface area (Å²) in [5.74, 6) is -0.200. The first-order valence-electron chi connectivity index (χ1n) is 11.0. The number of carbonyl (C=O) groups excluding carboxylic acids is 1. The first-order chi connectivity index (χ1) is 15.3. The molecule has 4 nitrogen and oxygen atoms in total. The third kappa shape index (κ3) is 4.13. The minimum atomic E-state index is -4.37. The number of ether oxygens (including phenoxy) is 1. The molecule has 1 aliphatic rings. The van der Waals surface area contributed by atoms with E-state index in [2.05, 4.69) is 35.4 Å². The van der Waals surface area contributed by atoms with Crippen molar-refractivity contribution in [3.05, 3.63) is 70.4 Å². The summed E-state index contributed by atoms with van der Waals surface area (Å²) in [5, 5.41) is 4.02. The highest BCUT2D eigenvalue weighted by Gasteiger charge is 2.40. The van der Waals surface area contributed by atoms with Gasteiger partial charge in [-0.25, -0.2) is 0 Å². The molecule has 1 atom stereocenters. The maximum absolute atomic E-state index is 12.8. The number of nitrogens with one attached hydrogen (secondary N) is 2. The highest BCUT2D eigenvalue weighted by molar-refractivity contribution is 5.88. The second-order valence-electron chi connectivity index (χ2n) is 8.27. The Morgan fingerprint density at radius 1 is 1.16 bits per heavy atom. The fourth-order valence-electron chi connectivity index (χ4n) is 4.58. The number of halogens is 3. The Morgan fingerprint density at radius 2 is 1.91 bits per heavy atom. The normalized spacial score (nSPS) is 18.5. The first-order valence-corrected chi connectivity index (χ1v) is 11.0. The zero-order valence-corrected chi connectivity index (χ0v) is 18.2. The molecule has 0 bridgehead atoms. The SMILES string of the molecule is CCc1cccc2c3c([nH]c12)C(CC)(CC(=O)NCc1ccc(C(F)(F)F)cc1)OCC3. The van der Waals surface area contributed by atoms with Gasteiger partial charge in [-0.3, -0.25) is 4.79 Å². The van der Waals surface area contributed by atoms with Crippen LogP contribution in [0.4, 0.5) is 13.2 Å². The van der Waals surface area contributed by atoms with Gasteiger partial charge in [0.15, 0.2) is 0 Å². The van der Waals surface area contributed by atoms with E-state index in [-0.39, 0.29) is 18.9 Å². The van der Waals surface area contributed by atoms with Crippen molar-refractivity contribution >= 4 is 16.8 Å². The van der Waals surface area contributed by atoms with Gasteiger partial charge in [0, 0.05) is 17.4 Å². The third-order valence-corrected chi connectivity index (χ3v) is 6.38. The average molecular weight is 444 g/mol. The van der Waals surface area contributed by atoms with Crippen molar-refractivity contribution in [2.45, 2.75) is 57.9 Å². The molecule has 2 N–H and O–H groups in total. The Balaban J connectivity index is 1.53. The van der Waals surface area contributed by atoms with Gasteiger partial charge in [-0.05, 0) is 48.1 Å². The summed E-state index contributed by atoms with van der Waals surface area (Å²) in [6.07, 6.45) is -1.91. The molecule has 0 fully saturated rings. The summed E-state index contributed by atoms with van der Waals surface area (Å²) in [5.41, 5.74) is 3.67. The average Bonchev–Trinajstić information content (AvgIpc) is 3.17. The Labute approximate surface area is 185 Å². The molecule has 170 valence electrons. The molecule has 7 heteroatoms. The van der Waals surface area contributed by atoms with Crippen LogP contribution in [0.3, 0.4) is 0 Å². The van der Waals surface area contributed by atoms with E-state index in [1.54, 1.807) is 0 Å². The number of rotatable bonds is 6. The minimum Gasteiger partial charge on any atom is -0.368 e. The maximum Gasteiger partial charge on any atom is 0.416 e. The number of benzene rings is 2. The van der Waals surface area contributed by atoms with E-state index in [0.717, 1.165) is 36.2 Å². The predicted molar refractivity (Wildman–Crippen MR) is 117 cm³/mol. The lowest BCUT2D eigenvalue weighted by Gasteiger charge is -2.36. The smallest absolute Gasteiger partial charge is 0.368 e. The zero-order valence-electron chi connectivity index (χ0n) is 18.2. The van der Waals surface area contributed by atoms with Gasteiger partial charge in [-0.2, -0.15) is 13.2 Å². The maximum atomic E-state index is 12.8. The van der Waals surface area contributed by atoms with Crippen LogP contribution >= 0.6 is 0 Å². The Kier molecular flexibility index (Phi) is 6.03. The molecule has 1 aliphatic heterocycles. The molecule has 1 amide bonds. The molecule has 3 aromatic rings. The highest BCUT2D eigenvalue weighted by atomic mass is 19.4. The highest BCUT2D eigenvalue weighted by Crippen LogP contribution is 2.42. The molecule has 32 heavy (non-hydrogen) atoms. The van der Waals surface area contributed by atoms with Crippen molar-refractivity contribution < 1.29 is 22.7 Å². The number of aryl methyl sites for hydroxylation is 1. The number of fused-ring (bicyclic) bond motifs is 3. The molecule has 2 heterocycles. The van der Waals surface area contributed by atoms with Crippen LogP contribution in [0.2, 0.25) is 0 Å². The van der Waals surface area contributed by atoms with E-state index in [1.165, 1.54) is 28.6 Å². The van der Waals surface area contributed by atoms with E-state index in [0.29, 0.717) is 18.6 Å². The summed E-state index contributed by atoms with van der Waals surface area (Å²) >= 11 is 0. The van der Waals surface area contributed by atoms with Crippen molar-refractivity contribution in [3.8, 4) is 0 Å². The number of aromatic amines is 1. The molecular formula is C25H27F3N2O2. The molecule has 2 aromatic carbocycles. The number of aromatic nitrogens is 1. The van der Waals surface area contributed by atoms with Gasteiger partial charge in [0.1, 0.15) is 5.60 Å². The Morgan fingerprint density at radius 3 is 2.56 bits per heavy atom. The van der Waals surface area contributed by atoms with Gasteiger partial charge in [-0.15, -0.1) is 0 Å². The van der Waals surface area contributed by atoms with Crippen molar-refractivity contribution in [1.82, 2.24) is 10.3 Å². The lowest BCUT2D eigenvalue weighted by Crippen LogP contribution is -2.40. The van der Waals surface area contributed by atoms with Crippen LogP contribution in [-0.4, -0.2) is 17.5 Å². The molecule has 4 rings (SSSR count). The van der Waals surface area contributed by atoms with E-state index < -0.39 is 17.3 Å². The van der Waals surface area contributed by atoms with E-state index in [1.807, 2.05) is 6.92 Å². The van der Waals surface area contributed by atoms with Crippen molar-refractivity contribution in [1.29, 1.82) is 0 Å². The predicted octanol–water partition coefficient (Wildman–Crippen LogP) is 5.63.